The maximum absolute atomic E-state index is 11.3. The molecular formula is C22H21NO. The Bertz CT molecular complexity index is 821. The van der Waals surface area contributed by atoms with E-state index in [4.69, 9.17) is 0 Å². The van der Waals surface area contributed by atoms with E-state index in [1.807, 2.05) is 37.3 Å². The highest BCUT2D eigenvalue weighted by Crippen LogP contribution is 2.23. The maximum Gasteiger partial charge on any atom is 0.152 e. The van der Waals surface area contributed by atoms with Gasteiger partial charge in [-0.1, -0.05) is 48.8 Å². The van der Waals surface area contributed by atoms with Crippen LogP contribution in [0.2, 0.25) is 0 Å². The molecular weight excluding hydrogens is 294 g/mol. The van der Waals surface area contributed by atoms with Crippen molar-refractivity contribution >= 4 is 12.0 Å². The van der Waals surface area contributed by atoms with Crippen molar-refractivity contribution in [2.24, 2.45) is 0 Å². The quantitative estimate of drug-likeness (QED) is 0.479. The molecule has 0 aliphatic heterocycles. The molecule has 0 unspecified atom stereocenters. The molecule has 2 nitrogen and oxygen atoms in total. The van der Waals surface area contributed by atoms with Crippen LogP contribution < -0.4 is 5.32 Å². The number of para-hydroxylation sites is 1. The second-order valence-corrected chi connectivity index (χ2v) is 5.58. The summed E-state index contributed by atoms with van der Waals surface area (Å²) in [7, 11) is 0. The minimum Gasteiger partial charge on any atom is -0.381 e. The van der Waals surface area contributed by atoms with Crippen molar-refractivity contribution in [1.82, 2.24) is 0 Å². The van der Waals surface area contributed by atoms with Crippen LogP contribution in [0.5, 0.6) is 0 Å². The molecule has 0 spiro atoms. The van der Waals surface area contributed by atoms with E-state index in [-0.39, 0.29) is 0 Å². The first kappa shape index (κ1) is 17.3. The van der Waals surface area contributed by atoms with Crippen LogP contribution in [0.3, 0.4) is 0 Å². The van der Waals surface area contributed by atoms with Crippen LogP contribution in [0.25, 0.3) is 0 Å². The van der Waals surface area contributed by atoms with Crippen LogP contribution in [0, 0.1) is 11.8 Å². The number of allylic oxidation sites excluding steroid dienone is 1. The van der Waals surface area contributed by atoms with Crippen LogP contribution >= 0.6 is 0 Å². The Hall–Kier alpha value is -3.05. The highest BCUT2D eigenvalue weighted by molar-refractivity contribution is 5.85. The van der Waals surface area contributed by atoms with Crippen molar-refractivity contribution in [2.45, 2.75) is 13.3 Å². The SMILES string of the molecule is C=CCNc1c(C=O)cccc1Cc1cccc(C#CC(=C)C)c1. The molecule has 0 radical (unpaired) electrons. The molecule has 0 fully saturated rings. The third-order valence-electron chi connectivity index (χ3n) is 3.47. The van der Waals surface area contributed by atoms with Gasteiger partial charge in [-0.2, -0.15) is 0 Å². The van der Waals surface area contributed by atoms with Crippen molar-refractivity contribution in [1.29, 1.82) is 0 Å². The Morgan fingerprint density at radius 2 is 2.04 bits per heavy atom. The van der Waals surface area contributed by atoms with Gasteiger partial charge in [0, 0.05) is 23.4 Å². The summed E-state index contributed by atoms with van der Waals surface area (Å²) >= 11 is 0. The lowest BCUT2D eigenvalue weighted by Gasteiger charge is -2.13. The first-order valence-corrected chi connectivity index (χ1v) is 7.82. The lowest BCUT2D eigenvalue weighted by atomic mass is 9.99. The van der Waals surface area contributed by atoms with Crippen molar-refractivity contribution in [3.8, 4) is 11.8 Å². The Balaban J connectivity index is 2.33. The topological polar surface area (TPSA) is 29.1 Å². The van der Waals surface area contributed by atoms with Gasteiger partial charge in [0.15, 0.2) is 6.29 Å². The number of hydrogen-bond donors (Lipinski definition) is 1. The van der Waals surface area contributed by atoms with Crippen LogP contribution in [-0.2, 0) is 6.42 Å². The van der Waals surface area contributed by atoms with Gasteiger partial charge in [-0.25, -0.2) is 0 Å². The van der Waals surface area contributed by atoms with Crippen LogP contribution in [0.4, 0.5) is 5.69 Å². The zero-order chi connectivity index (χ0) is 17.4. The Labute approximate surface area is 143 Å². The summed E-state index contributed by atoms with van der Waals surface area (Å²) in [6.07, 6.45) is 3.38. The van der Waals surface area contributed by atoms with Gasteiger partial charge in [-0.3, -0.25) is 4.79 Å². The van der Waals surface area contributed by atoms with Crippen LogP contribution in [0.1, 0.15) is 34.0 Å². The Kier molecular flexibility index (Phi) is 6.16. The summed E-state index contributed by atoms with van der Waals surface area (Å²) in [5.74, 6) is 6.10. The Morgan fingerprint density at radius 1 is 1.25 bits per heavy atom. The van der Waals surface area contributed by atoms with Crippen LogP contribution in [0.15, 0.2) is 67.3 Å². The van der Waals surface area contributed by atoms with E-state index in [1.54, 1.807) is 6.08 Å². The standard InChI is InChI=1S/C22H21NO/c1-4-13-23-22-20(9-6-10-21(22)16-24)15-19-8-5-7-18(14-19)12-11-17(2)3/h4-10,14,16,23H,1-2,13,15H2,3H3. The predicted octanol–water partition coefficient (Wildman–Crippen LogP) is 4.62. The minimum atomic E-state index is 0.613. The number of anilines is 1. The fraction of sp³-hybridized carbons (Fsp3) is 0.136. The average molecular weight is 315 g/mol. The summed E-state index contributed by atoms with van der Waals surface area (Å²) in [6, 6.07) is 13.9. The van der Waals surface area contributed by atoms with Gasteiger partial charge in [-0.15, -0.1) is 6.58 Å². The summed E-state index contributed by atoms with van der Waals surface area (Å²) in [6.45, 7) is 10.0. The minimum absolute atomic E-state index is 0.613. The van der Waals surface area contributed by atoms with Gasteiger partial charge in [0.2, 0.25) is 0 Å². The number of benzene rings is 2. The van der Waals surface area contributed by atoms with Crippen molar-refractivity contribution in [3.63, 3.8) is 0 Å². The number of hydrogen-bond acceptors (Lipinski definition) is 2. The molecule has 2 heteroatoms. The van der Waals surface area contributed by atoms with E-state index in [2.05, 4.69) is 42.4 Å². The van der Waals surface area contributed by atoms with Gasteiger partial charge < -0.3 is 5.32 Å². The first-order valence-electron chi connectivity index (χ1n) is 7.82. The Morgan fingerprint density at radius 3 is 2.75 bits per heavy atom. The van der Waals surface area contributed by atoms with Gasteiger partial charge >= 0.3 is 0 Å². The molecule has 0 saturated carbocycles. The molecule has 0 saturated heterocycles. The number of rotatable bonds is 6. The van der Waals surface area contributed by atoms with Crippen molar-refractivity contribution in [3.05, 3.63) is 89.5 Å². The largest absolute Gasteiger partial charge is 0.381 e. The molecule has 1 N–H and O–H groups in total. The third kappa shape index (κ3) is 4.72. The monoisotopic (exact) mass is 315 g/mol. The van der Waals surface area contributed by atoms with E-state index < -0.39 is 0 Å². The highest BCUT2D eigenvalue weighted by Gasteiger charge is 2.08. The predicted molar refractivity (Wildman–Crippen MR) is 101 cm³/mol. The van der Waals surface area contributed by atoms with E-state index in [0.29, 0.717) is 12.1 Å². The molecule has 0 aliphatic carbocycles. The molecule has 0 aliphatic rings. The number of nitrogens with one attached hydrogen (secondary N) is 1. The molecule has 2 rings (SSSR count). The van der Waals surface area contributed by atoms with Gasteiger partial charge in [-0.05, 0) is 48.2 Å². The van der Waals surface area contributed by atoms with Gasteiger partial charge in [0.1, 0.15) is 0 Å². The van der Waals surface area contributed by atoms with E-state index >= 15 is 0 Å². The van der Waals surface area contributed by atoms with Crippen molar-refractivity contribution in [2.75, 3.05) is 11.9 Å². The first-order chi connectivity index (χ1) is 11.6. The normalized spacial score (nSPS) is 9.54. The summed E-state index contributed by atoms with van der Waals surface area (Å²) < 4.78 is 0. The zero-order valence-corrected chi connectivity index (χ0v) is 13.9. The lowest BCUT2D eigenvalue weighted by Crippen LogP contribution is -2.05. The van der Waals surface area contributed by atoms with E-state index in [0.717, 1.165) is 40.7 Å². The molecule has 2 aromatic carbocycles. The number of carbonyl (C=O) groups excluding carboxylic acids is 1. The summed E-state index contributed by atoms with van der Waals surface area (Å²) in [5, 5.41) is 3.27. The maximum atomic E-state index is 11.3. The molecule has 2 aromatic rings. The van der Waals surface area contributed by atoms with Gasteiger partial charge in [0.05, 0.1) is 0 Å². The summed E-state index contributed by atoms with van der Waals surface area (Å²) in [5.41, 5.74) is 5.55. The molecule has 0 heterocycles. The molecule has 0 amide bonds. The molecule has 0 bridgehead atoms. The number of aldehydes is 1. The third-order valence-corrected chi connectivity index (χ3v) is 3.47. The molecule has 0 atom stereocenters. The average Bonchev–Trinajstić information content (AvgIpc) is 2.59. The number of carbonyl (C=O) groups is 1. The van der Waals surface area contributed by atoms with Crippen molar-refractivity contribution < 1.29 is 4.79 Å². The zero-order valence-electron chi connectivity index (χ0n) is 13.9. The van der Waals surface area contributed by atoms with Crippen LogP contribution in [-0.4, -0.2) is 12.8 Å². The molecule has 120 valence electrons. The summed E-state index contributed by atoms with van der Waals surface area (Å²) in [4.78, 5) is 11.3. The second kappa shape index (κ2) is 8.55. The molecule has 24 heavy (non-hydrogen) atoms. The van der Waals surface area contributed by atoms with Gasteiger partial charge in [0.25, 0.3) is 0 Å². The molecule has 0 aromatic heterocycles. The van der Waals surface area contributed by atoms with E-state index in [1.165, 1.54) is 0 Å². The second-order valence-electron chi connectivity index (χ2n) is 5.58. The van der Waals surface area contributed by atoms with E-state index in [9.17, 15) is 4.79 Å². The highest BCUT2D eigenvalue weighted by atomic mass is 16.1. The smallest absolute Gasteiger partial charge is 0.152 e. The lowest BCUT2D eigenvalue weighted by molar-refractivity contribution is 0.112. The fourth-order valence-electron chi connectivity index (χ4n) is 2.41. The fourth-order valence-corrected chi connectivity index (χ4v) is 2.41.